The molecular weight excluding hydrogens is 342 g/mol. The molecular formula is C21H17N3O3. The number of nitrogens with zero attached hydrogens (tertiary/aromatic N) is 2. The molecule has 27 heavy (non-hydrogen) atoms. The van der Waals surface area contributed by atoms with Gasteiger partial charge in [0.25, 0.3) is 5.91 Å². The zero-order valence-corrected chi connectivity index (χ0v) is 14.9. The first kappa shape index (κ1) is 16.7. The Hall–Kier alpha value is -3.72. The van der Waals surface area contributed by atoms with Gasteiger partial charge in [-0.3, -0.25) is 9.36 Å². The van der Waals surface area contributed by atoms with E-state index in [2.05, 4.69) is 11.4 Å². The van der Waals surface area contributed by atoms with Crippen LogP contribution in [0.2, 0.25) is 0 Å². The third-order valence-corrected chi connectivity index (χ3v) is 4.46. The van der Waals surface area contributed by atoms with Gasteiger partial charge in [0.15, 0.2) is 0 Å². The van der Waals surface area contributed by atoms with E-state index in [1.165, 1.54) is 0 Å². The van der Waals surface area contributed by atoms with Crippen LogP contribution < -0.4 is 5.32 Å². The average Bonchev–Trinajstić information content (AvgIpc) is 3.38. The van der Waals surface area contributed by atoms with Crippen LogP contribution in [0.25, 0.3) is 16.9 Å². The highest BCUT2D eigenvalue weighted by Gasteiger charge is 2.26. The van der Waals surface area contributed by atoms with Gasteiger partial charge < -0.3 is 14.2 Å². The minimum Gasteiger partial charge on any atom is -0.459 e. The number of aryl methyl sites for hydroxylation is 1. The monoisotopic (exact) mass is 359 g/mol. The topological polar surface area (TPSA) is 84.1 Å². The second-order valence-corrected chi connectivity index (χ2v) is 6.30. The minimum absolute atomic E-state index is 0.206. The van der Waals surface area contributed by atoms with E-state index in [1.807, 2.05) is 49.4 Å². The number of carbonyl (C=O) groups excluding carboxylic acids is 1. The third kappa shape index (κ3) is 2.89. The van der Waals surface area contributed by atoms with Crippen LogP contribution in [-0.2, 0) is 0 Å². The van der Waals surface area contributed by atoms with E-state index in [9.17, 15) is 10.1 Å². The van der Waals surface area contributed by atoms with Crippen LogP contribution >= 0.6 is 0 Å². The molecule has 134 valence electrons. The Bertz CT molecular complexity index is 1130. The van der Waals surface area contributed by atoms with Gasteiger partial charge in [-0.2, -0.15) is 5.26 Å². The summed E-state index contributed by atoms with van der Waals surface area (Å²) in [7, 11) is 0. The lowest BCUT2D eigenvalue weighted by Crippen LogP contribution is -2.27. The largest absolute Gasteiger partial charge is 0.459 e. The lowest BCUT2D eigenvalue weighted by Gasteiger charge is -2.11. The van der Waals surface area contributed by atoms with Crippen molar-refractivity contribution in [3.8, 4) is 12.0 Å². The number of aromatic nitrogens is 1. The second kappa shape index (κ2) is 6.54. The summed E-state index contributed by atoms with van der Waals surface area (Å²) in [6, 6.07) is 14.9. The molecule has 0 fully saturated rings. The van der Waals surface area contributed by atoms with E-state index in [1.54, 1.807) is 23.9 Å². The summed E-state index contributed by atoms with van der Waals surface area (Å²) < 4.78 is 13.2. The van der Waals surface area contributed by atoms with Crippen molar-refractivity contribution < 1.29 is 13.6 Å². The third-order valence-electron chi connectivity index (χ3n) is 4.46. The van der Waals surface area contributed by atoms with E-state index in [-0.39, 0.29) is 23.1 Å². The van der Waals surface area contributed by atoms with Crippen molar-refractivity contribution in [1.29, 1.82) is 5.26 Å². The Morgan fingerprint density at radius 1 is 1.19 bits per heavy atom. The SMILES string of the molecule is Cc1oc(-n2cccc2)c(C#N)c1C(=O)NC(C)c1cc2ccccc2o1. The number of fused-ring (bicyclic) bond motifs is 1. The van der Waals surface area contributed by atoms with Crippen molar-refractivity contribution in [2.75, 3.05) is 0 Å². The number of nitrogens with one attached hydrogen (secondary N) is 1. The van der Waals surface area contributed by atoms with Crippen LogP contribution in [0, 0.1) is 18.3 Å². The minimum atomic E-state index is -0.376. The highest BCUT2D eigenvalue weighted by molar-refractivity contribution is 5.98. The number of para-hydroxylation sites is 1. The van der Waals surface area contributed by atoms with Crippen LogP contribution in [0.1, 0.15) is 40.4 Å². The van der Waals surface area contributed by atoms with Gasteiger partial charge in [-0.1, -0.05) is 18.2 Å². The van der Waals surface area contributed by atoms with Gasteiger partial charge in [-0.15, -0.1) is 0 Å². The van der Waals surface area contributed by atoms with Crippen LogP contribution in [0.15, 0.2) is 63.7 Å². The summed E-state index contributed by atoms with van der Waals surface area (Å²) in [5, 5.41) is 13.5. The van der Waals surface area contributed by atoms with Crippen molar-refractivity contribution >= 4 is 16.9 Å². The lowest BCUT2D eigenvalue weighted by atomic mass is 10.1. The normalized spacial score (nSPS) is 12.0. The van der Waals surface area contributed by atoms with E-state index in [4.69, 9.17) is 8.83 Å². The maximum Gasteiger partial charge on any atom is 0.256 e. The molecule has 6 heteroatoms. The predicted octanol–water partition coefficient (Wildman–Crippen LogP) is 4.49. The molecule has 0 spiro atoms. The highest BCUT2D eigenvalue weighted by Crippen LogP contribution is 2.27. The summed E-state index contributed by atoms with van der Waals surface area (Å²) in [4.78, 5) is 12.9. The summed E-state index contributed by atoms with van der Waals surface area (Å²) >= 11 is 0. The molecule has 1 amide bonds. The molecule has 0 saturated heterocycles. The predicted molar refractivity (Wildman–Crippen MR) is 99.6 cm³/mol. The van der Waals surface area contributed by atoms with E-state index in [0.717, 1.165) is 11.0 Å². The quantitative estimate of drug-likeness (QED) is 0.582. The summed E-state index contributed by atoms with van der Waals surface area (Å²) in [6.07, 6.45) is 3.52. The second-order valence-electron chi connectivity index (χ2n) is 6.30. The smallest absolute Gasteiger partial charge is 0.256 e. The summed E-state index contributed by atoms with van der Waals surface area (Å²) in [5.41, 5.74) is 1.21. The van der Waals surface area contributed by atoms with Crippen LogP contribution in [0.5, 0.6) is 0 Å². The molecule has 0 radical (unpaired) electrons. The molecule has 4 rings (SSSR count). The molecule has 0 aliphatic rings. The summed E-state index contributed by atoms with van der Waals surface area (Å²) in [6.45, 7) is 3.51. The Balaban J connectivity index is 1.64. The first-order chi connectivity index (χ1) is 13.1. The lowest BCUT2D eigenvalue weighted by molar-refractivity contribution is 0.0934. The Labute approximate surface area is 155 Å². The van der Waals surface area contributed by atoms with E-state index < -0.39 is 0 Å². The van der Waals surface area contributed by atoms with E-state index >= 15 is 0 Å². The fourth-order valence-electron chi connectivity index (χ4n) is 3.11. The van der Waals surface area contributed by atoms with E-state index in [0.29, 0.717) is 17.4 Å². The van der Waals surface area contributed by atoms with Crippen molar-refractivity contribution in [3.05, 3.63) is 77.5 Å². The molecule has 0 aliphatic carbocycles. The molecule has 1 aromatic carbocycles. The van der Waals surface area contributed by atoms with Gasteiger partial charge in [-0.05, 0) is 38.1 Å². The van der Waals surface area contributed by atoms with Crippen LogP contribution in [0.3, 0.4) is 0 Å². The summed E-state index contributed by atoms with van der Waals surface area (Å²) in [5.74, 6) is 1.00. The average molecular weight is 359 g/mol. The highest BCUT2D eigenvalue weighted by atomic mass is 16.4. The molecule has 6 nitrogen and oxygen atoms in total. The van der Waals surface area contributed by atoms with Crippen molar-refractivity contribution in [1.82, 2.24) is 9.88 Å². The van der Waals surface area contributed by atoms with Crippen LogP contribution in [0.4, 0.5) is 0 Å². The molecule has 1 N–H and O–H groups in total. The number of carbonyl (C=O) groups is 1. The molecule has 0 saturated carbocycles. The van der Waals surface area contributed by atoms with Crippen molar-refractivity contribution in [2.45, 2.75) is 19.9 Å². The molecule has 1 atom stereocenters. The molecule has 4 aromatic rings. The number of furan rings is 2. The van der Waals surface area contributed by atoms with Gasteiger partial charge in [0.1, 0.15) is 34.3 Å². The van der Waals surface area contributed by atoms with Gasteiger partial charge >= 0.3 is 0 Å². The Morgan fingerprint density at radius 2 is 1.93 bits per heavy atom. The number of hydrogen-bond donors (Lipinski definition) is 1. The number of hydrogen-bond acceptors (Lipinski definition) is 4. The number of amides is 1. The number of nitriles is 1. The molecule has 1 unspecified atom stereocenters. The van der Waals surface area contributed by atoms with Crippen molar-refractivity contribution in [3.63, 3.8) is 0 Å². The number of rotatable bonds is 4. The zero-order valence-electron chi connectivity index (χ0n) is 14.9. The number of benzene rings is 1. The molecule has 3 heterocycles. The zero-order chi connectivity index (χ0) is 19.0. The van der Waals surface area contributed by atoms with Gasteiger partial charge in [0.05, 0.1) is 6.04 Å². The van der Waals surface area contributed by atoms with Gasteiger partial charge in [0, 0.05) is 17.8 Å². The molecule has 0 bridgehead atoms. The maximum absolute atomic E-state index is 12.9. The van der Waals surface area contributed by atoms with Gasteiger partial charge in [0.2, 0.25) is 5.88 Å². The fraction of sp³-hybridized carbons (Fsp3) is 0.143. The first-order valence-electron chi connectivity index (χ1n) is 8.54. The first-order valence-corrected chi connectivity index (χ1v) is 8.54. The molecule has 0 aliphatic heterocycles. The van der Waals surface area contributed by atoms with Gasteiger partial charge in [-0.25, -0.2) is 0 Å². The van der Waals surface area contributed by atoms with Crippen LogP contribution in [-0.4, -0.2) is 10.5 Å². The Morgan fingerprint density at radius 3 is 2.63 bits per heavy atom. The molecule has 3 aromatic heterocycles. The maximum atomic E-state index is 12.9. The Kier molecular flexibility index (Phi) is 4.05. The fourth-order valence-corrected chi connectivity index (χ4v) is 3.11. The van der Waals surface area contributed by atoms with Crippen molar-refractivity contribution in [2.24, 2.45) is 0 Å². The standard InChI is InChI=1S/C21H17N3O3/c1-13(18-11-15-7-3-4-8-17(15)27-18)23-20(25)19-14(2)26-21(16(19)12-22)24-9-5-6-10-24/h3-11,13H,1-2H3,(H,23,25).